The first-order valence-electron chi connectivity index (χ1n) is 4.75. The van der Waals surface area contributed by atoms with Crippen molar-refractivity contribution in [3.63, 3.8) is 0 Å². The van der Waals surface area contributed by atoms with Crippen LogP contribution in [0.5, 0.6) is 0 Å². The van der Waals surface area contributed by atoms with Gasteiger partial charge in [0.05, 0.1) is 0 Å². The molecule has 0 amide bonds. The Labute approximate surface area is 74.8 Å². The largest absolute Gasteiger partial charge is 0.484 e. The van der Waals surface area contributed by atoms with Crippen LogP contribution < -0.4 is 0 Å². The van der Waals surface area contributed by atoms with Gasteiger partial charge in [0, 0.05) is 0 Å². The average molecular weight is 195 g/mol. The van der Waals surface area contributed by atoms with Gasteiger partial charge in [-0.2, -0.15) is 0 Å². The molecule has 0 radical (unpaired) electrons. The molecule has 3 aliphatic carbocycles. The highest BCUT2D eigenvalue weighted by atomic mass is 19.4. The zero-order chi connectivity index (χ0) is 9.74. The van der Waals surface area contributed by atoms with Crippen molar-refractivity contribution in [2.75, 3.05) is 0 Å². The Kier molecular flexibility index (Phi) is 1.74. The molecule has 3 aliphatic rings. The summed E-state index contributed by atoms with van der Waals surface area (Å²) in [5.74, 6) is 0. The lowest BCUT2D eigenvalue weighted by Crippen LogP contribution is -2.48. The predicted octanol–water partition coefficient (Wildman–Crippen LogP) is 3.65. The van der Waals surface area contributed by atoms with Gasteiger partial charge in [-0.15, -0.1) is 0 Å². The van der Waals surface area contributed by atoms with Gasteiger partial charge in [0.1, 0.15) is 5.67 Å². The third-order valence-electron chi connectivity index (χ3n) is 3.91. The van der Waals surface area contributed by atoms with E-state index in [0.717, 1.165) is 0 Å². The van der Waals surface area contributed by atoms with Gasteiger partial charge in [-0.1, -0.05) is 24.6 Å². The first-order chi connectivity index (χ1) is 5.87. The van der Waals surface area contributed by atoms with Crippen LogP contribution >= 0.6 is 0 Å². The molecule has 0 N–H and O–H groups in total. The van der Waals surface area contributed by atoms with Crippen LogP contribution in [0.15, 0.2) is 0 Å². The predicted molar refractivity (Wildman–Crippen MR) is 43.3 cm³/mol. The summed E-state index contributed by atoms with van der Waals surface area (Å²) in [6.07, 6.45) is 0.420. The molecule has 3 rings (SSSR count). The molecular weight excluding hydrogens is 183 g/mol. The number of fused-ring (bicyclic) bond motifs is 3. The Morgan fingerprint density at radius 3 is 1.46 bits per heavy atom. The van der Waals surface area contributed by atoms with Gasteiger partial charge < -0.3 is 12.9 Å². The van der Waals surface area contributed by atoms with Gasteiger partial charge >= 0.3 is 6.98 Å². The van der Waals surface area contributed by atoms with Crippen molar-refractivity contribution in [3.8, 4) is 0 Å². The fraction of sp³-hybridized carbons (Fsp3) is 1.00. The molecule has 0 aliphatic heterocycles. The van der Waals surface area contributed by atoms with E-state index in [0.29, 0.717) is 0 Å². The Morgan fingerprint density at radius 1 is 0.769 bits per heavy atom. The van der Waals surface area contributed by atoms with E-state index < -0.39 is 18.0 Å². The smallest absolute Gasteiger partial charge is 0.449 e. The van der Waals surface area contributed by atoms with E-state index >= 15 is 0 Å². The van der Waals surface area contributed by atoms with Crippen molar-refractivity contribution >= 4 is 6.98 Å². The molecule has 0 aromatic rings. The summed E-state index contributed by atoms with van der Waals surface area (Å²) < 4.78 is 51.6. The third-order valence-corrected chi connectivity index (χ3v) is 3.91. The highest BCUT2D eigenvalue weighted by Gasteiger charge is 2.57. The van der Waals surface area contributed by atoms with Crippen LogP contribution in [0, 0.1) is 0 Å². The second-order valence-corrected chi connectivity index (χ2v) is 4.59. The number of hydrogen-bond donors (Lipinski definition) is 0. The number of hydrogen-bond acceptors (Lipinski definition) is 0. The maximum absolute atomic E-state index is 13.5. The zero-order valence-electron chi connectivity index (χ0n) is 7.33. The van der Waals surface area contributed by atoms with Crippen LogP contribution in [0.25, 0.3) is 0 Å². The standard InChI is InChI=1S/C8H12BF4/c10-8-4-1-7(2-5-8,3-6-8)9(11,12)13/h1-6H2/q-1. The first kappa shape index (κ1) is 9.34. The van der Waals surface area contributed by atoms with Crippen LogP contribution in [0.1, 0.15) is 38.5 Å². The third kappa shape index (κ3) is 1.27. The van der Waals surface area contributed by atoms with Gasteiger partial charge in [-0.25, -0.2) is 4.39 Å². The summed E-state index contributed by atoms with van der Waals surface area (Å²) in [6.45, 7) is -4.78. The second kappa shape index (κ2) is 2.42. The van der Waals surface area contributed by atoms with E-state index in [4.69, 9.17) is 0 Å². The summed E-state index contributed by atoms with van der Waals surface area (Å²) in [4.78, 5) is 0. The molecule has 0 atom stereocenters. The van der Waals surface area contributed by atoms with Crippen molar-refractivity contribution in [1.82, 2.24) is 0 Å². The average Bonchev–Trinajstić information content (AvgIpc) is 2.04. The molecule has 13 heavy (non-hydrogen) atoms. The van der Waals surface area contributed by atoms with E-state index in [1.165, 1.54) is 0 Å². The molecule has 0 saturated heterocycles. The fourth-order valence-corrected chi connectivity index (χ4v) is 2.66. The van der Waals surface area contributed by atoms with Gasteiger partial charge in [-0.3, -0.25) is 0 Å². The highest BCUT2D eigenvalue weighted by Crippen LogP contribution is 2.63. The molecule has 3 fully saturated rings. The lowest BCUT2D eigenvalue weighted by Gasteiger charge is -2.54. The minimum atomic E-state index is -4.78. The van der Waals surface area contributed by atoms with Crippen molar-refractivity contribution in [3.05, 3.63) is 0 Å². The van der Waals surface area contributed by atoms with E-state index in [-0.39, 0.29) is 38.5 Å². The van der Waals surface area contributed by atoms with Gasteiger partial charge in [0.15, 0.2) is 0 Å². The summed E-state index contributed by atoms with van der Waals surface area (Å²) in [5.41, 5.74) is -1.26. The van der Waals surface area contributed by atoms with E-state index in [9.17, 15) is 17.3 Å². The minimum absolute atomic E-state index is 0.0208. The molecule has 0 spiro atoms. The zero-order valence-corrected chi connectivity index (χ0v) is 7.33. The SMILES string of the molecule is F[B-](F)(F)C12CCC(F)(CC1)CC2. The maximum atomic E-state index is 13.5. The van der Waals surface area contributed by atoms with E-state index in [2.05, 4.69) is 0 Å². The van der Waals surface area contributed by atoms with Crippen LogP contribution in [-0.4, -0.2) is 12.6 Å². The Bertz CT molecular complexity index is 198. The van der Waals surface area contributed by atoms with Crippen LogP contribution in [-0.2, 0) is 0 Å². The monoisotopic (exact) mass is 195 g/mol. The Balaban J connectivity index is 2.20. The molecule has 5 heteroatoms. The highest BCUT2D eigenvalue weighted by molar-refractivity contribution is 6.62. The summed E-state index contributed by atoms with van der Waals surface area (Å²) >= 11 is 0. The number of halogens is 4. The van der Waals surface area contributed by atoms with Crippen LogP contribution in [0.4, 0.5) is 17.3 Å². The van der Waals surface area contributed by atoms with Crippen LogP contribution in [0.3, 0.4) is 0 Å². The quantitative estimate of drug-likeness (QED) is 0.442. The molecular formula is C8H12BF4-. The summed E-state index contributed by atoms with van der Waals surface area (Å²) in [6, 6.07) is 0. The first-order valence-corrected chi connectivity index (χ1v) is 4.75. The van der Waals surface area contributed by atoms with Crippen molar-refractivity contribution in [1.29, 1.82) is 0 Å². The Morgan fingerprint density at radius 2 is 1.15 bits per heavy atom. The normalized spacial score (nSPS) is 45.2. The number of alkyl halides is 1. The molecule has 0 unspecified atom stereocenters. The number of rotatable bonds is 1. The summed E-state index contributed by atoms with van der Waals surface area (Å²) in [5, 5.41) is -1.48. The van der Waals surface area contributed by atoms with Gasteiger partial charge in [0.25, 0.3) is 0 Å². The Hall–Kier alpha value is -0.215. The molecule has 0 nitrogen and oxygen atoms in total. The van der Waals surface area contributed by atoms with E-state index in [1.807, 2.05) is 0 Å². The van der Waals surface area contributed by atoms with E-state index in [1.54, 1.807) is 0 Å². The fourth-order valence-electron chi connectivity index (χ4n) is 2.66. The van der Waals surface area contributed by atoms with Gasteiger partial charge in [0.2, 0.25) is 0 Å². The minimum Gasteiger partial charge on any atom is -0.449 e. The molecule has 0 aromatic heterocycles. The van der Waals surface area contributed by atoms with Gasteiger partial charge in [-0.05, 0) is 19.3 Å². The summed E-state index contributed by atoms with van der Waals surface area (Å²) in [7, 11) is 0. The van der Waals surface area contributed by atoms with Crippen LogP contribution in [0.2, 0.25) is 5.31 Å². The van der Waals surface area contributed by atoms with Crippen molar-refractivity contribution < 1.29 is 17.3 Å². The maximum Gasteiger partial charge on any atom is 0.484 e. The lowest BCUT2D eigenvalue weighted by atomic mass is 9.44. The molecule has 0 aromatic carbocycles. The second-order valence-electron chi connectivity index (χ2n) is 4.59. The molecule has 2 bridgehead atoms. The van der Waals surface area contributed by atoms with Crippen molar-refractivity contribution in [2.24, 2.45) is 0 Å². The molecule has 0 heterocycles. The lowest BCUT2D eigenvalue weighted by molar-refractivity contribution is 0.0153. The van der Waals surface area contributed by atoms with Crippen molar-refractivity contribution in [2.45, 2.75) is 49.5 Å². The molecule has 3 saturated carbocycles. The molecule has 76 valence electrons. The topological polar surface area (TPSA) is 0 Å².